The van der Waals surface area contributed by atoms with Crippen molar-refractivity contribution in [3.05, 3.63) is 88.3 Å². The lowest BCUT2D eigenvalue weighted by Crippen LogP contribution is -2.44. The lowest BCUT2D eigenvalue weighted by Gasteiger charge is -2.31. The largest absolute Gasteiger partial charge is 0.395 e. The molecule has 1 atom stereocenters. The molecule has 2 aromatic carbocycles. The number of carbonyl (C=O) groups excluding carboxylic acids is 3. The van der Waals surface area contributed by atoms with Gasteiger partial charge in [-0.3, -0.25) is 19.4 Å². The number of primary amides is 1. The molecule has 4 aromatic rings. The number of pyridine rings is 1. The Morgan fingerprint density at radius 3 is 2.61 bits per heavy atom. The molecule has 0 radical (unpaired) electrons. The van der Waals surface area contributed by atoms with Crippen LogP contribution in [-0.2, 0) is 16.1 Å². The van der Waals surface area contributed by atoms with Crippen molar-refractivity contribution in [3.63, 3.8) is 0 Å². The number of methoxy groups -OCH3 is 1. The summed E-state index contributed by atoms with van der Waals surface area (Å²) in [4.78, 5) is 44.9. The number of aromatic nitrogens is 2. The fraction of sp³-hybridized carbons (Fsp3) is 0.192. The highest BCUT2D eigenvalue weighted by atomic mass is 32.1. The van der Waals surface area contributed by atoms with E-state index in [0.717, 1.165) is 5.39 Å². The van der Waals surface area contributed by atoms with E-state index in [0.29, 0.717) is 28.2 Å². The summed E-state index contributed by atoms with van der Waals surface area (Å²) < 4.78 is 22.6. The molecule has 0 bridgehead atoms. The van der Waals surface area contributed by atoms with Crippen LogP contribution >= 0.6 is 11.5 Å². The molecule has 0 saturated heterocycles. The van der Waals surface area contributed by atoms with Crippen molar-refractivity contribution in [2.45, 2.75) is 12.6 Å². The van der Waals surface area contributed by atoms with Gasteiger partial charge in [0, 0.05) is 31.8 Å². The maximum Gasteiger partial charge on any atom is 0.270 e. The number of nitrogens with one attached hydrogen (secondary N) is 1. The van der Waals surface area contributed by atoms with Gasteiger partial charge in [-0.1, -0.05) is 24.3 Å². The zero-order valence-corrected chi connectivity index (χ0v) is 21.2. The number of rotatable bonds is 10. The lowest BCUT2D eigenvalue weighted by atomic mass is 10.00. The van der Waals surface area contributed by atoms with Crippen molar-refractivity contribution in [3.8, 4) is 0 Å². The van der Waals surface area contributed by atoms with Crippen molar-refractivity contribution >= 4 is 45.8 Å². The highest BCUT2D eigenvalue weighted by molar-refractivity contribution is 7.09. The maximum atomic E-state index is 14.0. The molecule has 3 amide bonds. The Hall–Kier alpha value is -4.42. The van der Waals surface area contributed by atoms with E-state index in [9.17, 15) is 18.8 Å². The zero-order valence-electron chi connectivity index (χ0n) is 20.4. The van der Waals surface area contributed by atoms with Crippen molar-refractivity contribution in [1.82, 2.24) is 19.6 Å². The van der Waals surface area contributed by atoms with Crippen LogP contribution in [0.2, 0.25) is 0 Å². The van der Waals surface area contributed by atoms with Crippen LogP contribution in [0, 0.1) is 5.82 Å². The summed E-state index contributed by atoms with van der Waals surface area (Å²) in [5.74, 6) is -2.44. The molecule has 1 unspecified atom stereocenters. The molecule has 0 spiro atoms. The van der Waals surface area contributed by atoms with E-state index in [1.807, 2.05) is 6.07 Å². The van der Waals surface area contributed by atoms with Gasteiger partial charge in [0.1, 0.15) is 16.7 Å². The predicted molar refractivity (Wildman–Crippen MR) is 141 cm³/mol. The molecule has 0 fully saturated rings. The highest BCUT2D eigenvalue weighted by Gasteiger charge is 2.35. The number of amides is 3. The monoisotopic (exact) mass is 536 g/mol. The van der Waals surface area contributed by atoms with Crippen LogP contribution in [0.3, 0.4) is 0 Å². The number of fused-ring (bicyclic) bond motifs is 1. The van der Waals surface area contributed by atoms with Gasteiger partial charge >= 0.3 is 0 Å². The first kappa shape index (κ1) is 26.6. The summed E-state index contributed by atoms with van der Waals surface area (Å²) in [6.07, 6.45) is 1.66. The van der Waals surface area contributed by atoms with Crippen LogP contribution in [0.1, 0.15) is 37.3 Å². The summed E-state index contributed by atoms with van der Waals surface area (Å²) in [5, 5.41) is 3.56. The second-order valence-corrected chi connectivity index (χ2v) is 9.11. The first-order valence-corrected chi connectivity index (χ1v) is 12.3. The molecule has 10 nitrogen and oxygen atoms in total. The molecular formula is C26H25FN6O4S. The van der Waals surface area contributed by atoms with Gasteiger partial charge in [-0.05, 0) is 53.0 Å². The molecule has 0 aliphatic carbocycles. The number of nitrogen functional groups attached to an aromatic ring is 1. The van der Waals surface area contributed by atoms with Crippen LogP contribution in [0.15, 0.2) is 60.8 Å². The Morgan fingerprint density at radius 2 is 1.92 bits per heavy atom. The Balaban J connectivity index is 1.84. The first-order chi connectivity index (χ1) is 18.3. The van der Waals surface area contributed by atoms with Gasteiger partial charge in [0.2, 0.25) is 5.91 Å². The van der Waals surface area contributed by atoms with E-state index < -0.39 is 29.6 Å². The third kappa shape index (κ3) is 5.76. The molecular weight excluding hydrogens is 511 g/mol. The van der Waals surface area contributed by atoms with E-state index in [1.165, 1.54) is 36.3 Å². The molecule has 38 heavy (non-hydrogen) atoms. The van der Waals surface area contributed by atoms with Gasteiger partial charge in [0.15, 0.2) is 5.69 Å². The number of nitrogens with zero attached hydrogens (tertiary/aromatic N) is 3. The number of hydrogen-bond acceptors (Lipinski definition) is 8. The van der Waals surface area contributed by atoms with E-state index >= 15 is 0 Å². The van der Waals surface area contributed by atoms with Gasteiger partial charge in [0.05, 0.1) is 17.8 Å². The summed E-state index contributed by atoms with van der Waals surface area (Å²) in [5.41, 5.74) is 12.8. The SMILES string of the molecule is COCCNC(=O)C(c1ccc2ncccc2c1)N(Cc1ccc(F)cc1)C(=O)c1snc(C(N)=O)c1N. The molecule has 2 aromatic heterocycles. The maximum absolute atomic E-state index is 14.0. The van der Waals surface area contributed by atoms with Crippen molar-refractivity contribution in [2.24, 2.45) is 5.73 Å². The van der Waals surface area contributed by atoms with Gasteiger partial charge in [-0.25, -0.2) is 4.39 Å². The topological polar surface area (TPSA) is 154 Å². The van der Waals surface area contributed by atoms with Crippen LogP contribution in [0.5, 0.6) is 0 Å². The number of anilines is 1. The van der Waals surface area contributed by atoms with E-state index in [2.05, 4.69) is 14.7 Å². The van der Waals surface area contributed by atoms with E-state index in [1.54, 1.807) is 30.5 Å². The number of halogens is 1. The minimum Gasteiger partial charge on any atom is -0.395 e. The second-order valence-electron chi connectivity index (χ2n) is 8.34. The van der Waals surface area contributed by atoms with Crippen LogP contribution in [0.25, 0.3) is 10.9 Å². The fourth-order valence-electron chi connectivity index (χ4n) is 3.94. The average Bonchev–Trinajstić information content (AvgIpc) is 3.30. The highest BCUT2D eigenvalue weighted by Crippen LogP contribution is 2.31. The normalized spacial score (nSPS) is 11.7. The number of benzene rings is 2. The minimum absolute atomic E-state index is 0.0435. The predicted octanol–water partition coefficient (Wildman–Crippen LogP) is 2.66. The Bertz CT molecular complexity index is 1480. The van der Waals surface area contributed by atoms with Gasteiger partial charge in [-0.15, -0.1) is 0 Å². The van der Waals surface area contributed by atoms with Crippen LogP contribution in [-0.4, -0.2) is 52.2 Å². The minimum atomic E-state index is -1.13. The number of ether oxygens (including phenoxy) is 1. The smallest absolute Gasteiger partial charge is 0.270 e. The quantitative estimate of drug-likeness (QED) is 0.263. The summed E-state index contributed by atoms with van der Waals surface area (Å²) in [6, 6.07) is 13.3. The lowest BCUT2D eigenvalue weighted by molar-refractivity contribution is -0.126. The molecule has 0 aliphatic heterocycles. The van der Waals surface area contributed by atoms with Crippen molar-refractivity contribution < 1.29 is 23.5 Å². The molecule has 12 heteroatoms. The Kier molecular flexibility index (Phi) is 8.24. The summed E-state index contributed by atoms with van der Waals surface area (Å²) in [6.45, 7) is 0.389. The number of nitrogens with two attached hydrogens (primary N) is 2. The molecule has 0 aliphatic rings. The van der Waals surface area contributed by atoms with Crippen molar-refractivity contribution in [1.29, 1.82) is 0 Å². The molecule has 0 saturated carbocycles. The Morgan fingerprint density at radius 1 is 1.16 bits per heavy atom. The third-order valence-electron chi connectivity index (χ3n) is 5.79. The van der Waals surface area contributed by atoms with E-state index in [-0.39, 0.29) is 36.0 Å². The molecule has 196 valence electrons. The molecule has 4 rings (SSSR count). The van der Waals surface area contributed by atoms with Gasteiger partial charge < -0.3 is 26.4 Å². The standard InChI is InChI=1S/C26H25FN6O4S/c1-37-12-11-31-25(35)22(17-6-9-19-16(13-17)3-2-10-30-19)33(14-15-4-7-18(27)8-5-15)26(36)23-20(28)21(24(29)34)32-38-23/h2-10,13,22H,11-12,14,28H2,1H3,(H2,29,34)(H,31,35). The first-order valence-electron chi connectivity index (χ1n) is 11.5. The van der Waals surface area contributed by atoms with Crippen molar-refractivity contribution in [2.75, 3.05) is 26.0 Å². The molecule has 2 heterocycles. The van der Waals surface area contributed by atoms with Gasteiger partial charge in [0.25, 0.3) is 11.8 Å². The zero-order chi connectivity index (χ0) is 27.2. The van der Waals surface area contributed by atoms with Crippen LogP contribution in [0.4, 0.5) is 10.1 Å². The summed E-state index contributed by atoms with van der Waals surface area (Å²) >= 11 is 0.714. The fourth-order valence-corrected chi connectivity index (χ4v) is 4.70. The average molecular weight is 537 g/mol. The number of carbonyl (C=O) groups is 3. The van der Waals surface area contributed by atoms with E-state index in [4.69, 9.17) is 16.2 Å². The molecule has 5 N–H and O–H groups in total. The Labute approximate surface area is 221 Å². The summed E-state index contributed by atoms with van der Waals surface area (Å²) in [7, 11) is 1.51. The van der Waals surface area contributed by atoms with Crippen LogP contribution < -0.4 is 16.8 Å². The van der Waals surface area contributed by atoms with Gasteiger partial charge in [-0.2, -0.15) is 4.37 Å². The third-order valence-corrected chi connectivity index (χ3v) is 6.64. The second kappa shape index (κ2) is 11.8. The number of hydrogen-bond donors (Lipinski definition) is 3.